The van der Waals surface area contributed by atoms with Gasteiger partial charge in [-0.3, -0.25) is 0 Å². The van der Waals surface area contributed by atoms with Crippen LogP contribution in [0.5, 0.6) is 0 Å². The van der Waals surface area contributed by atoms with Gasteiger partial charge in [0.15, 0.2) is 0 Å². The van der Waals surface area contributed by atoms with Crippen LogP contribution in [0.15, 0.2) is 0 Å². The van der Waals surface area contributed by atoms with E-state index in [4.69, 9.17) is 0 Å². The Morgan fingerprint density at radius 3 is 2.75 bits per heavy atom. The molecular weight excluding hydrogens is 115 g/mol. The molecule has 0 saturated carbocycles. The van der Waals surface area contributed by atoms with E-state index in [1.807, 2.05) is 6.92 Å². The van der Waals surface area contributed by atoms with Gasteiger partial charge in [0.1, 0.15) is 0 Å². The SMILES string of the molecule is B=BB=B[S+]([O-])CC. The first kappa shape index (κ1) is 8.57. The topological polar surface area (TPSA) is 23.1 Å². The van der Waals surface area contributed by atoms with E-state index in [1.54, 1.807) is 19.5 Å². The van der Waals surface area contributed by atoms with Crippen molar-refractivity contribution < 1.29 is 4.55 Å². The number of hydrogen-bond acceptors (Lipinski definition) is 1. The van der Waals surface area contributed by atoms with Crippen molar-refractivity contribution in [1.82, 2.24) is 0 Å². The normalized spacial score (nSPS) is 11.6. The summed E-state index contributed by atoms with van der Waals surface area (Å²) in [6, 6.07) is 0. The quantitative estimate of drug-likeness (QED) is 0.327. The predicted molar refractivity (Wildman–Crippen MR) is 43.1 cm³/mol. The summed E-state index contributed by atoms with van der Waals surface area (Å²) in [4.78, 5) is 0. The van der Waals surface area contributed by atoms with E-state index in [2.05, 4.69) is 7.37 Å². The zero-order chi connectivity index (χ0) is 6.41. The molecule has 0 aromatic rings. The Labute approximate surface area is 55.7 Å². The first-order chi connectivity index (χ1) is 3.81. The van der Waals surface area contributed by atoms with Crippen LogP contribution in [0.4, 0.5) is 0 Å². The molecule has 0 heterocycles. The molecule has 0 aromatic carbocycles. The van der Waals surface area contributed by atoms with Gasteiger partial charge in [-0.2, -0.15) is 0 Å². The first-order valence-electron chi connectivity index (χ1n) is 2.47. The fourth-order valence-corrected chi connectivity index (χ4v) is 0.718. The van der Waals surface area contributed by atoms with Crippen LogP contribution in [0.25, 0.3) is 0 Å². The van der Waals surface area contributed by atoms with E-state index in [0.29, 0.717) is 5.75 Å². The van der Waals surface area contributed by atoms with Crippen LogP contribution in [0.3, 0.4) is 0 Å². The van der Waals surface area contributed by atoms with E-state index >= 15 is 0 Å². The van der Waals surface area contributed by atoms with Crippen molar-refractivity contribution >= 4 is 37.9 Å². The fourth-order valence-electron chi connectivity index (χ4n) is 0.239. The molecule has 0 aliphatic carbocycles. The molecule has 0 aliphatic heterocycles. The van der Waals surface area contributed by atoms with Crippen LogP contribution in [0, 0.1) is 0 Å². The van der Waals surface area contributed by atoms with E-state index in [0.717, 1.165) is 0 Å². The second-order valence-corrected chi connectivity index (χ2v) is 2.84. The van der Waals surface area contributed by atoms with Gasteiger partial charge >= 0.3 is 55.1 Å². The van der Waals surface area contributed by atoms with Crippen molar-refractivity contribution in [3.05, 3.63) is 0 Å². The van der Waals surface area contributed by atoms with Gasteiger partial charge in [-0.05, 0) is 0 Å². The summed E-state index contributed by atoms with van der Waals surface area (Å²) in [7, 11) is 3.45. The molecular formula is C2H6B4OS. The third-order valence-corrected chi connectivity index (χ3v) is 1.68. The summed E-state index contributed by atoms with van der Waals surface area (Å²) in [6.07, 6.45) is 1.63. The third-order valence-electron chi connectivity index (χ3n) is 0.651. The average molecular weight is 121 g/mol. The molecule has 0 aliphatic rings. The van der Waals surface area contributed by atoms with Crippen molar-refractivity contribution in [2.24, 2.45) is 0 Å². The molecule has 0 N–H and O–H groups in total. The molecule has 0 spiro atoms. The van der Waals surface area contributed by atoms with E-state index in [-0.39, 0.29) is 0 Å². The van der Waals surface area contributed by atoms with Crippen molar-refractivity contribution in [3.8, 4) is 0 Å². The van der Waals surface area contributed by atoms with Gasteiger partial charge in [0, 0.05) is 0 Å². The third kappa shape index (κ3) is 4.72. The maximum atomic E-state index is 10.5. The molecule has 8 heavy (non-hydrogen) atoms. The molecule has 0 aromatic heterocycles. The van der Waals surface area contributed by atoms with Gasteiger partial charge in [0.05, 0.1) is 0 Å². The molecule has 1 unspecified atom stereocenters. The second kappa shape index (κ2) is 5.70. The van der Waals surface area contributed by atoms with Crippen molar-refractivity contribution in [2.45, 2.75) is 6.92 Å². The standard InChI is InChI=1S/C2H6B4OS/c1-2-8(7)6-5-4-3/h3H,2H2,1H3. The van der Waals surface area contributed by atoms with E-state index in [9.17, 15) is 4.55 Å². The Balaban J connectivity index is 3.35. The van der Waals surface area contributed by atoms with Crippen LogP contribution >= 0.6 is 0 Å². The van der Waals surface area contributed by atoms with E-state index in [1.165, 1.54) is 0 Å². The molecule has 0 bridgehead atoms. The van der Waals surface area contributed by atoms with Crippen LogP contribution in [0.2, 0.25) is 0 Å². The summed E-state index contributed by atoms with van der Waals surface area (Å²) >= 11 is -0.779. The minimum absolute atomic E-state index is 0.685. The van der Waals surface area contributed by atoms with Gasteiger partial charge in [-0.1, -0.05) is 0 Å². The summed E-state index contributed by atoms with van der Waals surface area (Å²) in [5.74, 6) is 0.685. The Morgan fingerprint density at radius 1 is 1.75 bits per heavy atom. The zero-order valence-corrected chi connectivity index (χ0v) is 5.78. The van der Waals surface area contributed by atoms with Gasteiger partial charge < -0.3 is 0 Å². The molecule has 6 heteroatoms. The molecule has 0 fully saturated rings. The van der Waals surface area contributed by atoms with Crippen molar-refractivity contribution in [2.75, 3.05) is 5.75 Å². The molecule has 0 radical (unpaired) electrons. The average Bonchev–Trinajstić information content (AvgIpc) is 1.83. The fraction of sp³-hybridized carbons (Fsp3) is 1.00. The van der Waals surface area contributed by atoms with Crippen LogP contribution in [-0.2, 0) is 11.0 Å². The first-order valence-corrected chi connectivity index (χ1v) is 3.86. The Bertz CT molecular complexity index is 94.0. The molecule has 0 amide bonds. The Morgan fingerprint density at radius 2 is 2.38 bits per heavy atom. The predicted octanol–water partition coefficient (Wildman–Crippen LogP) is -1.57. The van der Waals surface area contributed by atoms with Crippen LogP contribution in [0.1, 0.15) is 6.92 Å². The minimum atomic E-state index is -0.779. The van der Waals surface area contributed by atoms with Gasteiger partial charge in [-0.15, -0.1) is 0 Å². The zero-order valence-electron chi connectivity index (χ0n) is 4.96. The van der Waals surface area contributed by atoms with E-state index < -0.39 is 11.0 Å². The van der Waals surface area contributed by atoms with Gasteiger partial charge in [0.25, 0.3) is 0 Å². The van der Waals surface area contributed by atoms with Crippen molar-refractivity contribution in [3.63, 3.8) is 0 Å². The number of hydrogen-bond donors (Lipinski definition) is 0. The van der Waals surface area contributed by atoms with Crippen LogP contribution < -0.4 is 0 Å². The second-order valence-electron chi connectivity index (χ2n) is 1.23. The summed E-state index contributed by atoms with van der Waals surface area (Å²) in [6.45, 7) is 5.19. The summed E-state index contributed by atoms with van der Waals surface area (Å²) < 4.78 is 10.5. The number of rotatable bonds is 3. The summed E-state index contributed by atoms with van der Waals surface area (Å²) in [5.41, 5.74) is 0. The Kier molecular flexibility index (Phi) is 6.11. The molecule has 1 atom stereocenters. The van der Waals surface area contributed by atoms with Crippen molar-refractivity contribution in [1.29, 1.82) is 0 Å². The summed E-state index contributed by atoms with van der Waals surface area (Å²) in [5, 5.41) is 0. The van der Waals surface area contributed by atoms with Gasteiger partial charge in [-0.25, -0.2) is 0 Å². The monoisotopic (exact) mass is 122 g/mol. The molecule has 0 saturated heterocycles. The molecule has 1 nitrogen and oxygen atoms in total. The molecule has 0 rings (SSSR count). The van der Waals surface area contributed by atoms with Gasteiger partial charge in [0.2, 0.25) is 0 Å². The molecule has 38 valence electrons. The van der Waals surface area contributed by atoms with Crippen LogP contribution in [-0.4, -0.2) is 37.1 Å². The maximum absolute atomic E-state index is 10.5. The Hall–Kier alpha value is 0.570.